The molecule has 2 atom stereocenters. The Bertz CT molecular complexity index is 687. The van der Waals surface area contributed by atoms with Crippen LogP contribution in [0.5, 0.6) is 11.5 Å². The van der Waals surface area contributed by atoms with Crippen molar-refractivity contribution in [3.05, 3.63) is 23.8 Å². The molecule has 1 aliphatic heterocycles. The second kappa shape index (κ2) is 9.55. The molecule has 0 aliphatic carbocycles. The molecule has 11 heteroatoms. The highest BCUT2D eigenvalue weighted by Crippen LogP contribution is 2.28. The molecular formula is C18H22F6N2O3. The van der Waals surface area contributed by atoms with Crippen molar-refractivity contribution < 1.29 is 40.6 Å². The third-order valence-electron chi connectivity index (χ3n) is 4.30. The lowest BCUT2D eigenvalue weighted by molar-refractivity contribution is -0.154. The van der Waals surface area contributed by atoms with Crippen molar-refractivity contribution in [3.63, 3.8) is 0 Å². The molecule has 2 unspecified atom stereocenters. The minimum atomic E-state index is -4.64. The molecule has 164 valence electrons. The largest absolute Gasteiger partial charge is 0.484 e. The lowest BCUT2D eigenvalue weighted by atomic mass is 9.99. The molecule has 0 radical (unpaired) electrons. The van der Waals surface area contributed by atoms with Gasteiger partial charge in [0.1, 0.15) is 11.5 Å². The van der Waals surface area contributed by atoms with Gasteiger partial charge in [-0.2, -0.15) is 26.3 Å². The molecule has 5 nitrogen and oxygen atoms in total. The quantitative estimate of drug-likeness (QED) is 0.649. The van der Waals surface area contributed by atoms with Gasteiger partial charge >= 0.3 is 12.4 Å². The van der Waals surface area contributed by atoms with Crippen LogP contribution >= 0.6 is 0 Å². The van der Waals surface area contributed by atoms with Crippen LogP contribution in [-0.2, 0) is 0 Å². The summed E-state index contributed by atoms with van der Waals surface area (Å²) in [6.45, 7) is -0.721. The maximum Gasteiger partial charge on any atom is 0.422 e. The van der Waals surface area contributed by atoms with Crippen LogP contribution in [0.25, 0.3) is 0 Å². The topological polar surface area (TPSA) is 59.6 Å². The normalized spacial score (nSPS) is 18.8. The van der Waals surface area contributed by atoms with Crippen molar-refractivity contribution in [1.82, 2.24) is 10.6 Å². The second-order valence-corrected chi connectivity index (χ2v) is 6.78. The van der Waals surface area contributed by atoms with Crippen molar-refractivity contribution >= 4 is 5.91 Å². The Kier molecular flexibility index (Phi) is 7.61. The Morgan fingerprint density at radius 1 is 1.14 bits per heavy atom. The lowest BCUT2D eigenvalue weighted by Gasteiger charge is -2.29. The van der Waals surface area contributed by atoms with E-state index in [9.17, 15) is 31.1 Å². The molecular weight excluding hydrogens is 406 g/mol. The van der Waals surface area contributed by atoms with Gasteiger partial charge in [-0.1, -0.05) is 6.42 Å². The Morgan fingerprint density at radius 3 is 2.38 bits per heavy atom. The smallest absolute Gasteiger partial charge is 0.422 e. The van der Waals surface area contributed by atoms with Crippen LogP contribution in [0.15, 0.2) is 18.2 Å². The van der Waals surface area contributed by atoms with Gasteiger partial charge in [-0.25, -0.2) is 0 Å². The zero-order valence-corrected chi connectivity index (χ0v) is 15.6. The molecule has 0 aromatic heterocycles. The highest BCUT2D eigenvalue weighted by atomic mass is 19.4. The first-order chi connectivity index (χ1) is 13.4. The summed E-state index contributed by atoms with van der Waals surface area (Å²) in [5.74, 6) is -1.47. The summed E-state index contributed by atoms with van der Waals surface area (Å²) in [6, 6.07) is 2.57. The lowest BCUT2D eigenvalue weighted by Crippen LogP contribution is -2.50. The number of amides is 1. The van der Waals surface area contributed by atoms with E-state index in [1.165, 1.54) is 0 Å². The Balaban J connectivity index is 2.17. The van der Waals surface area contributed by atoms with E-state index in [2.05, 4.69) is 20.1 Å². The Labute approximate surface area is 163 Å². The predicted molar refractivity (Wildman–Crippen MR) is 92.1 cm³/mol. The molecule has 1 aromatic rings. The van der Waals surface area contributed by atoms with Crippen LogP contribution in [0.2, 0.25) is 0 Å². The molecule has 0 saturated carbocycles. The minimum absolute atomic E-state index is 0.0168. The molecule has 1 aliphatic rings. The van der Waals surface area contributed by atoms with Crippen molar-refractivity contribution in [1.29, 1.82) is 0 Å². The molecule has 0 bridgehead atoms. The molecule has 1 saturated heterocycles. The van der Waals surface area contributed by atoms with E-state index >= 15 is 0 Å². The zero-order valence-electron chi connectivity index (χ0n) is 15.6. The summed E-state index contributed by atoms with van der Waals surface area (Å²) in [6.07, 6.45) is -6.45. The van der Waals surface area contributed by atoms with Gasteiger partial charge in [-0.3, -0.25) is 4.79 Å². The molecule has 2 N–H and O–H groups in total. The van der Waals surface area contributed by atoms with Gasteiger partial charge in [0.25, 0.3) is 5.91 Å². The van der Waals surface area contributed by atoms with Crippen molar-refractivity contribution in [2.45, 2.75) is 50.6 Å². The highest BCUT2D eigenvalue weighted by molar-refractivity contribution is 5.97. The number of carbonyl (C=O) groups is 1. The van der Waals surface area contributed by atoms with Gasteiger partial charge in [-0.05, 0) is 44.5 Å². The summed E-state index contributed by atoms with van der Waals surface area (Å²) in [5.41, 5.74) is -0.336. The van der Waals surface area contributed by atoms with Gasteiger partial charge < -0.3 is 20.1 Å². The second-order valence-electron chi connectivity index (χ2n) is 6.78. The van der Waals surface area contributed by atoms with E-state index in [1.807, 2.05) is 0 Å². The van der Waals surface area contributed by atoms with Crippen molar-refractivity contribution in [2.24, 2.45) is 0 Å². The zero-order chi connectivity index (χ0) is 21.7. The molecule has 29 heavy (non-hydrogen) atoms. The van der Waals surface area contributed by atoms with E-state index in [0.29, 0.717) is 0 Å². The summed E-state index contributed by atoms with van der Waals surface area (Å²) in [7, 11) is 0. The van der Waals surface area contributed by atoms with Crippen LogP contribution < -0.4 is 20.1 Å². The van der Waals surface area contributed by atoms with Crippen LogP contribution in [0, 0.1) is 0 Å². The molecule has 2 rings (SSSR count). The summed E-state index contributed by atoms with van der Waals surface area (Å²) < 4.78 is 83.7. The third-order valence-corrected chi connectivity index (χ3v) is 4.30. The van der Waals surface area contributed by atoms with E-state index < -0.39 is 37.2 Å². The number of rotatable bonds is 7. The standard InChI is InChI=1S/C18H22F6N2O3/c1-11(14-4-2-3-7-25-14)26-16(27)13-8-12(28-9-17(19,20)21)5-6-15(13)29-10-18(22,23)24/h5-6,8,11,14,25H,2-4,7,9-10H2,1H3,(H,26,27). The molecule has 1 aromatic carbocycles. The number of alkyl halides is 6. The maximum absolute atomic E-state index is 12.6. The number of hydrogen-bond acceptors (Lipinski definition) is 4. The first-order valence-corrected chi connectivity index (χ1v) is 9.02. The van der Waals surface area contributed by atoms with Gasteiger partial charge in [0.05, 0.1) is 5.56 Å². The van der Waals surface area contributed by atoms with Crippen molar-refractivity contribution in [2.75, 3.05) is 19.8 Å². The molecule has 1 amide bonds. The fourth-order valence-electron chi connectivity index (χ4n) is 2.92. The number of nitrogens with one attached hydrogen (secondary N) is 2. The first kappa shape index (κ1) is 23.1. The Hall–Kier alpha value is -2.17. The first-order valence-electron chi connectivity index (χ1n) is 9.02. The number of ether oxygens (including phenoxy) is 2. The fraction of sp³-hybridized carbons (Fsp3) is 0.611. The summed E-state index contributed by atoms with van der Waals surface area (Å²) in [5, 5.41) is 5.90. The monoisotopic (exact) mass is 428 g/mol. The number of piperidine rings is 1. The van der Waals surface area contributed by atoms with Crippen LogP contribution in [-0.4, -0.2) is 50.1 Å². The van der Waals surface area contributed by atoms with Crippen LogP contribution in [0.1, 0.15) is 36.5 Å². The number of carbonyl (C=O) groups excluding carboxylic acids is 1. The van der Waals surface area contributed by atoms with Gasteiger partial charge in [0, 0.05) is 12.1 Å². The molecule has 1 fully saturated rings. The van der Waals surface area contributed by atoms with E-state index in [4.69, 9.17) is 0 Å². The average molecular weight is 428 g/mol. The molecule has 1 heterocycles. The number of benzene rings is 1. The van der Waals surface area contributed by atoms with Crippen LogP contribution in [0.3, 0.4) is 0 Å². The third kappa shape index (κ3) is 8.00. The molecule has 0 spiro atoms. The van der Waals surface area contributed by atoms with E-state index in [1.54, 1.807) is 6.92 Å². The van der Waals surface area contributed by atoms with Crippen molar-refractivity contribution in [3.8, 4) is 11.5 Å². The average Bonchev–Trinajstić information content (AvgIpc) is 2.64. The SMILES string of the molecule is CC(NC(=O)c1cc(OCC(F)(F)F)ccc1OCC(F)(F)F)C1CCCCN1. The summed E-state index contributed by atoms with van der Waals surface area (Å²) >= 11 is 0. The highest BCUT2D eigenvalue weighted by Gasteiger charge is 2.31. The van der Waals surface area contributed by atoms with Gasteiger partial charge in [0.15, 0.2) is 13.2 Å². The summed E-state index contributed by atoms with van der Waals surface area (Å²) in [4.78, 5) is 12.6. The number of halogens is 6. The van der Waals surface area contributed by atoms with Crippen LogP contribution in [0.4, 0.5) is 26.3 Å². The predicted octanol–water partition coefficient (Wildman–Crippen LogP) is 3.83. The minimum Gasteiger partial charge on any atom is -0.484 e. The number of hydrogen-bond donors (Lipinski definition) is 2. The van der Waals surface area contributed by atoms with Gasteiger partial charge in [0.2, 0.25) is 0 Å². The fourth-order valence-corrected chi connectivity index (χ4v) is 2.92. The van der Waals surface area contributed by atoms with Gasteiger partial charge in [-0.15, -0.1) is 0 Å². The maximum atomic E-state index is 12.6. The van der Waals surface area contributed by atoms with E-state index in [-0.39, 0.29) is 23.4 Å². The van der Waals surface area contributed by atoms with E-state index in [0.717, 1.165) is 44.0 Å². The Morgan fingerprint density at radius 2 is 1.79 bits per heavy atom.